The van der Waals surface area contributed by atoms with Crippen molar-refractivity contribution in [2.24, 2.45) is 0 Å². The third-order valence-electron chi connectivity index (χ3n) is 2.95. The van der Waals surface area contributed by atoms with Gasteiger partial charge in [-0.2, -0.15) is 0 Å². The minimum absolute atomic E-state index is 0.161. The van der Waals surface area contributed by atoms with E-state index in [-0.39, 0.29) is 6.73 Å². The zero-order valence-electron chi connectivity index (χ0n) is 8.77. The van der Waals surface area contributed by atoms with E-state index in [0.29, 0.717) is 4.48 Å². The Kier molecular flexibility index (Phi) is 3.60. The molecule has 2 N–H and O–H groups in total. The highest BCUT2D eigenvalue weighted by molar-refractivity contribution is 6.25. The first-order valence-corrected chi connectivity index (χ1v) is 5.58. The predicted molar refractivity (Wildman–Crippen MR) is 58.4 cm³/mol. The summed E-state index contributed by atoms with van der Waals surface area (Å²) in [4.78, 5) is 4.59. The number of fused-ring (bicyclic) bond motifs is 2. The van der Waals surface area contributed by atoms with Crippen molar-refractivity contribution < 1.29 is 9.59 Å². The maximum absolute atomic E-state index is 9.54. The Morgan fingerprint density at radius 2 is 2.00 bits per heavy atom. The van der Waals surface area contributed by atoms with E-state index >= 15 is 0 Å². The van der Waals surface area contributed by atoms with E-state index in [9.17, 15) is 5.11 Å². The van der Waals surface area contributed by atoms with Gasteiger partial charge in [0.15, 0.2) is 6.73 Å². The van der Waals surface area contributed by atoms with E-state index < -0.39 is 0 Å². The van der Waals surface area contributed by atoms with Crippen molar-refractivity contribution in [3.63, 3.8) is 0 Å². The number of hydrogen-bond donors (Lipinski definition) is 2. The van der Waals surface area contributed by atoms with E-state index in [0.717, 1.165) is 39.9 Å². The summed E-state index contributed by atoms with van der Waals surface area (Å²) >= 11 is 5.55. The minimum atomic E-state index is 0.161. The van der Waals surface area contributed by atoms with Crippen LogP contribution in [0.1, 0.15) is 0 Å². The molecule has 15 heavy (non-hydrogen) atoms. The summed E-state index contributed by atoms with van der Waals surface area (Å²) in [6, 6.07) is 0. The Balaban J connectivity index is 2.05. The molecule has 0 aliphatic carbocycles. The van der Waals surface area contributed by atoms with Crippen LogP contribution in [0.2, 0.25) is 0 Å². The van der Waals surface area contributed by atoms with Crippen LogP contribution in [-0.2, 0) is 0 Å². The van der Waals surface area contributed by atoms with Crippen LogP contribution in [0.25, 0.3) is 0 Å². The SMILES string of the molecule is OC[N+]1(CC=CCl)CN2CNCN(C2)C1. The second-order valence-corrected chi connectivity index (χ2v) is 4.61. The van der Waals surface area contributed by atoms with Gasteiger partial charge in [-0.05, 0) is 6.08 Å². The zero-order valence-corrected chi connectivity index (χ0v) is 9.53. The number of nitrogens with one attached hydrogen (secondary N) is 1. The summed E-state index contributed by atoms with van der Waals surface area (Å²) in [7, 11) is 0. The lowest BCUT2D eigenvalue weighted by Gasteiger charge is -2.50. The summed E-state index contributed by atoms with van der Waals surface area (Å²) in [5, 5.41) is 12.9. The van der Waals surface area contributed by atoms with Crippen molar-refractivity contribution in [3.8, 4) is 0 Å². The largest absolute Gasteiger partial charge is 0.347 e. The van der Waals surface area contributed by atoms with Crippen LogP contribution in [0.15, 0.2) is 11.6 Å². The van der Waals surface area contributed by atoms with Gasteiger partial charge < -0.3 is 5.11 Å². The summed E-state index contributed by atoms with van der Waals surface area (Å²) in [5.41, 5.74) is 1.53. The van der Waals surface area contributed by atoms with E-state index in [1.165, 1.54) is 5.54 Å². The molecule has 0 aromatic heterocycles. The van der Waals surface area contributed by atoms with Crippen molar-refractivity contribution in [2.45, 2.75) is 0 Å². The number of aliphatic hydroxyl groups excluding tert-OH is 1. The lowest BCUT2D eigenvalue weighted by molar-refractivity contribution is -0.966. The maximum atomic E-state index is 9.54. The molecular weight excluding hydrogens is 216 g/mol. The van der Waals surface area contributed by atoms with Crippen LogP contribution in [0, 0.1) is 0 Å². The summed E-state index contributed by atoms with van der Waals surface area (Å²) in [6.45, 7) is 5.50. The Morgan fingerprint density at radius 3 is 2.53 bits per heavy atom. The molecule has 2 unspecified atom stereocenters. The predicted octanol–water partition coefficient (Wildman–Crippen LogP) is -0.486. The topological polar surface area (TPSA) is 38.7 Å². The van der Waals surface area contributed by atoms with Crippen LogP contribution in [0.3, 0.4) is 0 Å². The van der Waals surface area contributed by atoms with E-state index in [4.69, 9.17) is 11.6 Å². The fourth-order valence-corrected chi connectivity index (χ4v) is 2.44. The second kappa shape index (κ2) is 4.78. The van der Waals surface area contributed by atoms with Crippen LogP contribution in [0.4, 0.5) is 0 Å². The average molecular weight is 234 g/mol. The number of rotatable bonds is 3. The van der Waals surface area contributed by atoms with Crippen LogP contribution in [0.5, 0.6) is 0 Å². The molecule has 2 saturated heterocycles. The van der Waals surface area contributed by atoms with Crippen LogP contribution >= 0.6 is 11.6 Å². The third kappa shape index (κ3) is 2.50. The molecule has 86 valence electrons. The van der Waals surface area contributed by atoms with Gasteiger partial charge in [0.2, 0.25) is 0 Å². The van der Waals surface area contributed by atoms with Gasteiger partial charge in [0, 0.05) is 5.54 Å². The van der Waals surface area contributed by atoms with Gasteiger partial charge in [-0.3, -0.25) is 9.80 Å². The van der Waals surface area contributed by atoms with Crippen molar-refractivity contribution >= 4 is 11.6 Å². The Morgan fingerprint density at radius 1 is 1.33 bits per heavy atom. The number of quaternary nitrogens is 1. The Hall–Kier alpha value is -0.170. The quantitative estimate of drug-likeness (QED) is 0.646. The monoisotopic (exact) mass is 233 g/mol. The minimum Gasteiger partial charge on any atom is -0.347 e. The molecule has 2 heterocycles. The Labute approximate surface area is 95.1 Å². The number of hydrogen-bond acceptors (Lipinski definition) is 4. The highest BCUT2D eigenvalue weighted by Gasteiger charge is 2.37. The van der Waals surface area contributed by atoms with E-state index in [1.54, 1.807) is 0 Å². The van der Waals surface area contributed by atoms with Crippen molar-refractivity contribution in [3.05, 3.63) is 11.6 Å². The standard InChI is InChI=1S/C9H18ClN4O/c10-2-1-3-14(9-15)7-12-4-11-5-13(6-12)8-14/h1-2,11,15H,3-9H2/q+1. The van der Waals surface area contributed by atoms with E-state index in [2.05, 4.69) is 15.1 Å². The van der Waals surface area contributed by atoms with Crippen LogP contribution in [-0.4, -0.2) is 66.0 Å². The lowest BCUT2D eigenvalue weighted by atomic mass is 10.3. The van der Waals surface area contributed by atoms with Crippen molar-refractivity contribution in [2.75, 3.05) is 46.6 Å². The number of nitrogens with zero attached hydrogens (tertiary/aromatic N) is 3. The molecule has 0 amide bonds. The first kappa shape index (κ1) is 11.3. The van der Waals surface area contributed by atoms with Gasteiger partial charge in [0.25, 0.3) is 0 Å². The number of aliphatic hydroxyl groups is 1. The summed E-state index contributed by atoms with van der Waals surface area (Å²) in [5.74, 6) is 0. The molecule has 5 nitrogen and oxygen atoms in total. The lowest BCUT2D eigenvalue weighted by Crippen LogP contribution is -2.70. The molecule has 2 atom stereocenters. The molecule has 0 spiro atoms. The van der Waals surface area contributed by atoms with Gasteiger partial charge in [0.1, 0.15) is 19.9 Å². The highest BCUT2D eigenvalue weighted by atomic mass is 35.5. The molecule has 2 bridgehead atoms. The molecule has 0 radical (unpaired) electrons. The van der Waals surface area contributed by atoms with Gasteiger partial charge in [-0.25, -0.2) is 9.80 Å². The van der Waals surface area contributed by atoms with Gasteiger partial charge in [0.05, 0.1) is 20.0 Å². The molecule has 0 aromatic rings. The van der Waals surface area contributed by atoms with Gasteiger partial charge in [-0.15, -0.1) is 0 Å². The first-order valence-electron chi connectivity index (χ1n) is 5.15. The van der Waals surface area contributed by atoms with E-state index in [1.807, 2.05) is 6.08 Å². The van der Waals surface area contributed by atoms with Crippen molar-refractivity contribution in [1.29, 1.82) is 0 Å². The Bertz CT molecular complexity index is 236. The fourth-order valence-electron chi connectivity index (χ4n) is 2.36. The molecule has 0 aromatic carbocycles. The highest BCUT2D eigenvalue weighted by Crippen LogP contribution is 2.17. The molecule has 2 aliphatic heterocycles. The van der Waals surface area contributed by atoms with Gasteiger partial charge in [-0.1, -0.05) is 11.6 Å². The average Bonchev–Trinajstić information content (AvgIpc) is 2.26. The number of halogens is 1. The summed E-state index contributed by atoms with van der Waals surface area (Å²) in [6.07, 6.45) is 1.91. The molecule has 2 fully saturated rings. The smallest absolute Gasteiger partial charge is 0.182 e. The normalized spacial score (nSPS) is 40.9. The second-order valence-electron chi connectivity index (χ2n) is 4.36. The fraction of sp³-hybridized carbons (Fsp3) is 0.778. The third-order valence-corrected chi connectivity index (χ3v) is 3.13. The molecule has 2 aliphatic rings. The van der Waals surface area contributed by atoms with Gasteiger partial charge >= 0.3 is 0 Å². The molecular formula is C9H18ClN4O+. The van der Waals surface area contributed by atoms with Crippen LogP contribution < -0.4 is 5.32 Å². The summed E-state index contributed by atoms with van der Waals surface area (Å²) < 4.78 is 0.658. The van der Waals surface area contributed by atoms with Crippen molar-refractivity contribution in [1.82, 2.24) is 15.1 Å². The molecule has 2 rings (SSSR count). The first-order chi connectivity index (χ1) is 7.28. The maximum Gasteiger partial charge on any atom is 0.182 e. The zero-order chi connectivity index (χ0) is 10.7. The molecule has 6 heteroatoms. The molecule has 0 saturated carbocycles.